The van der Waals surface area contributed by atoms with Crippen molar-refractivity contribution in [3.8, 4) is 11.5 Å². The maximum atomic E-state index is 13.0. The van der Waals surface area contributed by atoms with Crippen molar-refractivity contribution in [1.82, 2.24) is 24.5 Å². The molecule has 0 radical (unpaired) electrons. The highest BCUT2D eigenvalue weighted by Gasteiger charge is 2.18. The second kappa shape index (κ2) is 9.22. The number of nitrogens with one attached hydrogen (secondary N) is 1. The molecule has 0 aliphatic carbocycles. The Morgan fingerprint density at radius 1 is 1.18 bits per heavy atom. The predicted molar refractivity (Wildman–Crippen MR) is 125 cm³/mol. The average molecular weight is 468 g/mol. The van der Waals surface area contributed by atoms with Crippen molar-refractivity contribution >= 4 is 33.2 Å². The van der Waals surface area contributed by atoms with Crippen LogP contribution < -0.4 is 20.3 Å². The number of amides is 1. The fourth-order valence-electron chi connectivity index (χ4n) is 4.03. The SMILES string of the molecule is CCCCCn1c(=O)c2sccc2n2c(CCC(=O)NCc3ccc4c(c3)OCO4)nnc12. The van der Waals surface area contributed by atoms with Gasteiger partial charge in [0.1, 0.15) is 10.5 Å². The molecule has 3 aromatic heterocycles. The molecule has 10 heteroatoms. The number of carbonyl (C=O) groups is 1. The van der Waals surface area contributed by atoms with E-state index in [-0.39, 0.29) is 24.7 Å². The van der Waals surface area contributed by atoms with Crippen LogP contribution in [0.3, 0.4) is 0 Å². The lowest BCUT2D eigenvalue weighted by Crippen LogP contribution is -2.24. The molecule has 5 rings (SSSR count). The summed E-state index contributed by atoms with van der Waals surface area (Å²) in [6.07, 6.45) is 3.72. The molecule has 33 heavy (non-hydrogen) atoms. The van der Waals surface area contributed by atoms with Gasteiger partial charge in [-0.3, -0.25) is 18.6 Å². The topological polar surface area (TPSA) is 99.8 Å². The van der Waals surface area contributed by atoms with Crippen molar-refractivity contribution in [2.24, 2.45) is 0 Å². The molecule has 0 saturated heterocycles. The van der Waals surface area contributed by atoms with Crippen LogP contribution in [-0.4, -0.2) is 31.9 Å². The lowest BCUT2D eigenvalue weighted by atomic mass is 10.2. The second-order valence-corrected chi connectivity index (χ2v) is 8.93. The number of benzene rings is 1. The molecule has 1 aliphatic heterocycles. The van der Waals surface area contributed by atoms with E-state index in [2.05, 4.69) is 22.4 Å². The fraction of sp³-hybridized carbons (Fsp3) is 0.391. The average Bonchev–Trinajstić information content (AvgIpc) is 3.57. The number of hydrogen-bond acceptors (Lipinski definition) is 7. The van der Waals surface area contributed by atoms with Gasteiger partial charge in [-0.2, -0.15) is 0 Å². The minimum Gasteiger partial charge on any atom is -0.454 e. The molecule has 1 aliphatic rings. The van der Waals surface area contributed by atoms with Crippen LogP contribution in [0.5, 0.6) is 11.5 Å². The minimum absolute atomic E-state index is 0.0241. The number of ether oxygens (including phenoxy) is 2. The van der Waals surface area contributed by atoms with Gasteiger partial charge < -0.3 is 14.8 Å². The van der Waals surface area contributed by atoms with E-state index in [0.717, 1.165) is 36.1 Å². The van der Waals surface area contributed by atoms with Gasteiger partial charge in [-0.15, -0.1) is 21.5 Å². The Bertz CT molecular complexity index is 1370. The number of thiophene rings is 1. The Morgan fingerprint density at radius 2 is 2.06 bits per heavy atom. The Balaban J connectivity index is 1.31. The zero-order valence-corrected chi connectivity index (χ0v) is 19.2. The standard InChI is InChI=1S/C23H25N5O4S/c1-2-3-4-10-27-22(30)21-16(9-11-33-21)28-19(25-26-23(27)28)7-8-20(29)24-13-15-5-6-17-18(12-15)32-14-31-17/h5-6,9,11-12H,2-4,7-8,10,13-14H2,1H3,(H,24,29). The summed E-state index contributed by atoms with van der Waals surface area (Å²) in [5.74, 6) is 2.55. The second-order valence-electron chi connectivity index (χ2n) is 8.01. The van der Waals surface area contributed by atoms with Gasteiger partial charge in [-0.1, -0.05) is 25.8 Å². The Labute approximate surface area is 194 Å². The predicted octanol–water partition coefficient (Wildman–Crippen LogP) is 3.27. The molecule has 0 unspecified atom stereocenters. The summed E-state index contributed by atoms with van der Waals surface area (Å²) >= 11 is 1.42. The molecule has 0 spiro atoms. The fourth-order valence-corrected chi connectivity index (χ4v) is 4.85. The smallest absolute Gasteiger partial charge is 0.272 e. The van der Waals surface area contributed by atoms with Crippen molar-refractivity contribution in [2.75, 3.05) is 6.79 Å². The van der Waals surface area contributed by atoms with E-state index in [1.807, 2.05) is 34.0 Å². The van der Waals surface area contributed by atoms with E-state index in [0.29, 0.717) is 41.6 Å². The van der Waals surface area contributed by atoms with Gasteiger partial charge in [-0.05, 0) is 35.6 Å². The van der Waals surface area contributed by atoms with Crippen LogP contribution in [0, 0.1) is 0 Å². The quantitative estimate of drug-likeness (QED) is 0.379. The molecule has 4 aromatic rings. The van der Waals surface area contributed by atoms with Crippen LogP contribution in [0.15, 0.2) is 34.4 Å². The van der Waals surface area contributed by atoms with Crippen LogP contribution in [0.1, 0.15) is 44.0 Å². The monoisotopic (exact) mass is 467 g/mol. The van der Waals surface area contributed by atoms with Gasteiger partial charge in [0, 0.05) is 25.9 Å². The third-order valence-electron chi connectivity index (χ3n) is 5.77. The van der Waals surface area contributed by atoms with E-state index in [1.54, 1.807) is 4.57 Å². The molecule has 0 bridgehead atoms. The number of hydrogen-bond donors (Lipinski definition) is 1. The number of fused-ring (bicyclic) bond motifs is 4. The van der Waals surface area contributed by atoms with Gasteiger partial charge in [0.15, 0.2) is 11.5 Å². The van der Waals surface area contributed by atoms with E-state index in [9.17, 15) is 9.59 Å². The molecule has 1 N–H and O–H groups in total. The van der Waals surface area contributed by atoms with Crippen LogP contribution in [-0.2, 0) is 24.3 Å². The molecule has 172 valence electrons. The van der Waals surface area contributed by atoms with Gasteiger partial charge in [-0.25, -0.2) is 0 Å². The summed E-state index contributed by atoms with van der Waals surface area (Å²) in [7, 11) is 0. The van der Waals surface area contributed by atoms with E-state index in [1.165, 1.54) is 11.3 Å². The highest BCUT2D eigenvalue weighted by Crippen LogP contribution is 2.32. The molecule has 0 saturated carbocycles. The summed E-state index contributed by atoms with van der Waals surface area (Å²) < 4.78 is 15.0. The molecule has 1 amide bonds. The maximum Gasteiger partial charge on any atom is 0.272 e. The summed E-state index contributed by atoms with van der Waals surface area (Å²) in [5, 5.41) is 13.5. The first kappa shape index (κ1) is 21.4. The summed E-state index contributed by atoms with van der Waals surface area (Å²) in [4.78, 5) is 25.5. The van der Waals surface area contributed by atoms with Crippen molar-refractivity contribution in [1.29, 1.82) is 0 Å². The summed E-state index contributed by atoms with van der Waals surface area (Å²) in [5.41, 5.74) is 1.72. The van der Waals surface area contributed by atoms with Crippen LogP contribution in [0.25, 0.3) is 16.0 Å². The van der Waals surface area contributed by atoms with Crippen LogP contribution >= 0.6 is 11.3 Å². The third kappa shape index (κ3) is 4.18. The van der Waals surface area contributed by atoms with Crippen molar-refractivity contribution in [3.05, 3.63) is 51.4 Å². The number of aromatic nitrogens is 4. The van der Waals surface area contributed by atoms with Crippen LogP contribution in [0.2, 0.25) is 0 Å². The van der Waals surface area contributed by atoms with Crippen molar-refractivity contribution < 1.29 is 14.3 Å². The van der Waals surface area contributed by atoms with Crippen LogP contribution in [0.4, 0.5) is 0 Å². The number of unbranched alkanes of at least 4 members (excludes halogenated alkanes) is 2. The van der Waals surface area contributed by atoms with E-state index < -0.39 is 0 Å². The van der Waals surface area contributed by atoms with Gasteiger partial charge in [0.25, 0.3) is 5.56 Å². The first-order valence-electron chi connectivity index (χ1n) is 11.1. The van der Waals surface area contributed by atoms with E-state index >= 15 is 0 Å². The Kier molecular flexibility index (Phi) is 5.99. The first-order chi connectivity index (χ1) is 16.2. The van der Waals surface area contributed by atoms with Gasteiger partial charge in [0.2, 0.25) is 18.5 Å². The Hall–Kier alpha value is -3.40. The molecule has 0 atom stereocenters. The Morgan fingerprint density at radius 3 is 2.94 bits per heavy atom. The molecule has 1 aromatic carbocycles. The van der Waals surface area contributed by atoms with Gasteiger partial charge >= 0.3 is 0 Å². The summed E-state index contributed by atoms with van der Waals surface area (Å²) in [6.45, 7) is 3.37. The van der Waals surface area contributed by atoms with Gasteiger partial charge in [0.05, 0.1) is 5.52 Å². The molecular formula is C23H25N5O4S. The lowest BCUT2D eigenvalue weighted by molar-refractivity contribution is -0.121. The highest BCUT2D eigenvalue weighted by molar-refractivity contribution is 7.17. The number of carbonyl (C=O) groups excluding carboxylic acids is 1. The van der Waals surface area contributed by atoms with Crippen molar-refractivity contribution in [3.63, 3.8) is 0 Å². The molecular weight excluding hydrogens is 442 g/mol. The van der Waals surface area contributed by atoms with E-state index in [4.69, 9.17) is 9.47 Å². The summed E-state index contributed by atoms with van der Waals surface area (Å²) in [6, 6.07) is 7.54. The third-order valence-corrected chi connectivity index (χ3v) is 6.66. The zero-order chi connectivity index (χ0) is 22.8. The molecule has 9 nitrogen and oxygen atoms in total. The van der Waals surface area contributed by atoms with Crippen molar-refractivity contribution in [2.45, 2.75) is 52.1 Å². The minimum atomic E-state index is -0.0813. The highest BCUT2D eigenvalue weighted by atomic mass is 32.1. The molecule has 0 fully saturated rings. The largest absolute Gasteiger partial charge is 0.454 e. The normalized spacial score (nSPS) is 12.6. The molecule has 4 heterocycles. The number of aryl methyl sites for hydroxylation is 2. The lowest BCUT2D eigenvalue weighted by Gasteiger charge is -2.09. The zero-order valence-electron chi connectivity index (χ0n) is 18.4. The number of rotatable bonds is 9. The first-order valence-corrected chi connectivity index (χ1v) is 12.0. The maximum absolute atomic E-state index is 13.0. The number of nitrogens with zero attached hydrogens (tertiary/aromatic N) is 4.